The molecule has 0 atom stereocenters. The van der Waals surface area contributed by atoms with Gasteiger partial charge in [-0.1, -0.05) is 23.7 Å². The second-order valence-corrected chi connectivity index (χ2v) is 8.36. The van der Waals surface area contributed by atoms with Crippen molar-refractivity contribution < 1.29 is 36.2 Å². The van der Waals surface area contributed by atoms with Crippen molar-refractivity contribution in [3.63, 3.8) is 0 Å². The van der Waals surface area contributed by atoms with Gasteiger partial charge < -0.3 is 25.0 Å². The van der Waals surface area contributed by atoms with E-state index in [0.29, 0.717) is 0 Å². The number of halogens is 1. The van der Waals surface area contributed by atoms with E-state index in [1.807, 2.05) is 0 Å². The van der Waals surface area contributed by atoms with Crippen LogP contribution in [0.2, 0.25) is 6.43 Å². The van der Waals surface area contributed by atoms with Gasteiger partial charge in [-0.15, -0.1) is 0 Å². The van der Waals surface area contributed by atoms with Crippen LogP contribution in [0.3, 0.4) is 0 Å². The Morgan fingerprint density at radius 2 is 2.10 bits per heavy atom. The molecule has 2 N–H and O–H groups in total. The first-order valence-electron chi connectivity index (χ1n) is 19.6. The number of nitrogens with one attached hydrogen (secondary N) is 2. The summed E-state index contributed by atoms with van der Waals surface area (Å²) in [6.07, 6.45) is -0.791. The molecule has 2 aromatic heterocycles. The topological polar surface area (TPSA) is 112 Å². The quantitative estimate of drug-likeness (QED) is 0.199. The first-order valence-corrected chi connectivity index (χ1v) is 12.1. The molecule has 0 aliphatic carbocycles. The second kappa shape index (κ2) is 13.6. The largest absolute Gasteiger partial charge is 0.492 e. The average Bonchev–Trinajstić information content (AvgIpc) is 3.15. The highest BCUT2D eigenvalue weighted by Gasteiger charge is 2.16. The minimum atomic E-state index is -3.10. The zero-order chi connectivity index (χ0) is 43.4. The lowest BCUT2D eigenvalue weighted by Crippen LogP contribution is -2.13. The van der Waals surface area contributed by atoms with Crippen molar-refractivity contribution in [2.45, 2.75) is 20.4 Å². The van der Waals surface area contributed by atoms with E-state index in [1.165, 1.54) is 27.9 Å². The molecule has 0 unspecified atom stereocenters. The van der Waals surface area contributed by atoms with Gasteiger partial charge in [0.25, 0.3) is 0 Å². The number of pyridine rings is 2. The monoisotopic (exact) mass is 586 g/mol. The summed E-state index contributed by atoms with van der Waals surface area (Å²) in [6.45, 7) is -3.21. The van der Waals surface area contributed by atoms with Gasteiger partial charge in [0.15, 0.2) is 1.41 Å². The molecule has 1 amide bonds. The number of anilines is 3. The van der Waals surface area contributed by atoms with Crippen LogP contribution in [0.5, 0.6) is 11.5 Å². The summed E-state index contributed by atoms with van der Waals surface area (Å²) in [7, 11) is 2.48. The van der Waals surface area contributed by atoms with Crippen LogP contribution in [-0.4, -0.2) is 48.0 Å². The smallest absolute Gasteiger partial charge is 0.248 e. The molecule has 4 aromatic rings. The molecule has 0 saturated heterocycles. The number of fused-ring (bicyclic) bond motifs is 1. The van der Waals surface area contributed by atoms with Crippen molar-refractivity contribution in [2.24, 2.45) is 0 Å². The number of hydrogen-bond acceptors (Lipinski definition) is 8. The van der Waals surface area contributed by atoms with Gasteiger partial charge in [-0.2, -0.15) is 5.26 Å². The fourth-order valence-electron chi connectivity index (χ4n) is 3.06. The maximum absolute atomic E-state index is 13.4. The van der Waals surface area contributed by atoms with Gasteiger partial charge in [0.1, 0.15) is 24.1 Å². The standard InChI is InChI=1S/C31H31ClN6O3/c1-5-40-29-16-26-24(15-27(29)37-30(39)10-7-13-38(3)4)31(21(17-33)18-34-26)36-22-11-12-28(25(32)14-22)41-19-23-9-6-8-20(2)35-23/h6-12,14-16,18H,5,13,19H2,1-4H3,(H,34,36)(H,37,39)/b10-7+/i6D,7D,8D,9D,10D,11D,12D,13D2,14D,15D,16D,18D,19D2/hD. The van der Waals surface area contributed by atoms with Gasteiger partial charge in [0.2, 0.25) is 5.91 Å². The van der Waals surface area contributed by atoms with Crippen LogP contribution in [0.15, 0.2) is 66.6 Å². The molecule has 0 spiro atoms. The molecule has 210 valence electrons. The Balaban J connectivity index is 2.00. The van der Waals surface area contributed by atoms with Crippen molar-refractivity contribution in [3.05, 3.63) is 88.6 Å². The van der Waals surface area contributed by atoms with E-state index in [1.54, 1.807) is 6.07 Å². The number of hydrogen-bond donors (Lipinski definition) is 2. The van der Waals surface area contributed by atoms with Gasteiger partial charge in [-0.05, 0) is 64.2 Å². The van der Waals surface area contributed by atoms with E-state index in [0.717, 1.165) is 4.90 Å². The number of carbonyl (C=O) groups is 1. The fraction of sp³-hybridized carbons (Fsp3) is 0.226. The minimum Gasteiger partial charge on any atom is -0.492 e. The van der Waals surface area contributed by atoms with E-state index >= 15 is 0 Å². The van der Waals surface area contributed by atoms with E-state index in [9.17, 15) is 10.1 Å². The summed E-state index contributed by atoms with van der Waals surface area (Å²) < 4.78 is 145. The van der Waals surface area contributed by atoms with E-state index in [2.05, 4.69) is 15.3 Å². The van der Waals surface area contributed by atoms with Gasteiger partial charge in [0.05, 0.1) is 57.6 Å². The number of likely N-dealkylation sites (N-methyl/N-ethyl adjacent to an activating group) is 1. The number of nitriles is 1. The normalized spacial score (nSPS) is 17.8. The number of rotatable bonds is 11. The van der Waals surface area contributed by atoms with Crippen LogP contribution in [0.1, 0.15) is 44.4 Å². The van der Waals surface area contributed by atoms with Crippen molar-refractivity contribution in [1.29, 1.82) is 5.26 Å². The molecule has 0 aliphatic heterocycles. The minimum absolute atomic E-state index is 0.0809. The Morgan fingerprint density at radius 3 is 2.85 bits per heavy atom. The number of aromatic nitrogens is 2. The number of amides is 1. The van der Waals surface area contributed by atoms with Crippen molar-refractivity contribution >= 4 is 45.5 Å². The molecule has 0 fully saturated rings. The Hall–Kier alpha value is -4.65. The SMILES string of the molecule is [2H]/C(C(=O)N([2H])c1c(OCC)c([2H])c2nc([2H])c(C#N)c(Nc3c([2H])c([2H])c(OC([2H])([2H])c4nc(C)c([2H])c([2H])c4[2H])c(Cl)c3[2H])c2c1[2H])=C(/[2H])C([2H])([2H])N(C)C. The van der Waals surface area contributed by atoms with Gasteiger partial charge in [0, 0.05) is 44.3 Å². The molecular formula is C31H31ClN6O3. The third kappa shape index (κ3) is 7.72. The second-order valence-electron chi connectivity index (χ2n) is 7.99. The molecule has 2 aromatic carbocycles. The molecule has 10 heteroatoms. The zero-order valence-electron chi connectivity index (χ0n) is 38.0. The highest BCUT2D eigenvalue weighted by atomic mass is 35.5. The number of nitrogens with zero attached hydrogens (tertiary/aromatic N) is 4. The highest BCUT2D eigenvalue weighted by molar-refractivity contribution is 6.32. The summed E-state index contributed by atoms with van der Waals surface area (Å²) >= 11 is 6.42. The van der Waals surface area contributed by atoms with E-state index in [-0.39, 0.29) is 17.6 Å². The van der Waals surface area contributed by atoms with E-state index in [4.69, 9.17) is 43.0 Å². The van der Waals surface area contributed by atoms with Gasteiger partial charge in [-0.25, -0.2) is 0 Å². The molecule has 0 saturated carbocycles. The number of ether oxygens (including phenoxy) is 2. The molecule has 0 bridgehead atoms. The Bertz CT molecular complexity index is 2400. The lowest BCUT2D eigenvalue weighted by Gasteiger charge is -2.16. The van der Waals surface area contributed by atoms with Crippen LogP contribution in [0.4, 0.5) is 17.1 Å². The lowest BCUT2D eigenvalue weighted by molar-refractivity contribution is -0.111. The van der Waals surface area contributed by atoms with Crippen molar-refractivity contribution in [1.82, 2.24) is 14.9 Å². The van der Waals surface area contributed by atoms with Gasteiger partial charge >= 0.3 is 0 Å². The van der Waals surface area contributed by atoms with Crippen LogP contribution in [0, 0.1) is 18.3 Å². The third-order valence-electron chi connectivity index (χ3n) is 4.71. The maximum atomic E-state index is 13.4. The summed E-state index contributed by atoms with van der Waals surface area (Å²) in [5.74, 6) is -3.13. The van der Waals surface area contributed by atoms with Crippen LogP contribution >= 0.6 is 11.6 Å². The van der Waals surface area contributed by atoms with Gasteiger partial charge in [-0.3, -0.25) is 14.8 Å². The maximum Gasteiger partial charge on any atom is 0.248 e. The molecular weight excluding hydrogens is 540 g/mol. The third-order valence-corrected chi connectivity index (χ3v) is 4.97. The predicted molar refractivity (Wildman–Crippen MR) is 162 cm³/mol. The summed E-state index contributed by atoms with van der Waals surface area (Å²) in [6, 6.07) is -7.02. The number of carbonyl (C=O) groups excluding carboxylic acids is 1. The molecule has 2 heterocycles. The Labute approximate surface area is 266 Å². The summed E-state index contributed by atoms with van der Waals surface area (Å²) in [5, 5.41) is 11.2. The molecule has 4 rings (SSSR count). The van der Waals surface area contributed by atoms with Crippen LogP contribution in [-0.2, 0) is 11.4 Å². The lowest BCUT2D eigenvalue weighted by atomic mass is 10.1. The molecule has 41 heavy (non-hydrogen) atoms. The summed E-state index contributed by atoms with van der Waals surface area (Å²) in [5.41, 5.74) is -4.16. The Morgan fingerprint density at radius 1 is 1.27 bits per heavy atom. The van der Waals surface area contributed by atoms with Crippen molar-refractivity contribution in [3.8, 4) is 17.6 Å². The zero-order valence-corrected chi connectivity index (χ0v) is 22.8. The fourth-order valence-corrected chi connectivity index (χ4v) is 3.24. The first kappa shape index (κ1) is 14.8. The van der Waals surface area contributed by atoms with Crippen LogP contribution in [0.25, 0.3) is 10.9 Å². The first-order chi connectivity index (χ1) is 26.3. The molecule has 0 radical (unpaired) electrons. The van der Waals surface area contributed by atoms with E-state index < -0.39 is 141 Å². The predicted octanol–water partition coefficient (Wildman–Crippen LogP) is 6.24. The Kier molecular flexibility index (Phi) is 4.92. The highest BCUT2D eigenvalue weighted by Crippen LogP contribution is 2.37. The van der Waals surface area contributed by atoms with Crippen LogP contribution < -0.4 is 20.1 Å². The average molecular weight is 587 g/mol. The molecule has 0 aliphatic rings. The summed E-state index contributed by atoms with van der Waals surface area (Å²) in [4.78, 5) is 22.1. The van der Waals surface area contributed by atoms with Crippen molar-refractivity contribution in [2.75, 3.05) is 37.8 Å². The molecule has 9 nitrogen and oxygen atoms in total. The number of aryl methyl sites for hydroxylation is 1. The number of benzene rings is 2.